The third kappa shape index (κ3) is 3.07. The number of hydrogen-bond acceptors (Lipinski definition) is 4. The monoisotopic (exact) mass is 358 g/mol. The van der Waals surface area contributed by atoms with Crippen LogP contribution in [0.1, 0.15) is 59.4 Å². The first-order valence-corrected chi connectivity index (χ1v) is 9.12. The Hall–Kier alpha value is -2.41. The van der Waals surface area contributed by atoms with Crippen LogP contribution < -0.4 is 5.56 Å². The van der Waals surface area contributed by atoms with Crippen molar-refractivity contribution in [1.29, 1.82) is 0 Å². The maximum atomic E-state index is 13.1. The van der Waals surface area contributed by atoms with Crippen LogP contribution in [-0.2, 0) is 19.6 Å². The zero-order valence-corrected chi connectivity index (χ0v) is 15.8. The third-order valence-corrected chi connectivity index (χ3v) is 5.07. The molecule has 1 atom stereocenters. The van der Waals surface area contributed by atoms with Gasteiger partial charge in [0.1, 0.15) is 5.56 Å². The SMILES string of the molecule is CCC(O)c1cc2n(n1)CCN(C(=O)c1c(C)cc(C)n(CC)c1=O)C2. The van der Waals surface area contributed by atoms with Gasteiger partial charge in [-0.15, -0.1) is 0 Å². The van der Waals surface area contributed by atoms with Crippen molar-refractivity contribution in [3.05, 3.63) is 50.7 Å². The minimum Gasteiger partial charge on any atom is -0.387 e. The van der Waals surface area contributed by atoms with E-state index in [1.165, 1.54) is 0 Å². The van der Waals surface area contributed by atoms with E-state index in [4.69, 9.17) is 0 Å². The lowest BCUT2D eigenvalue weighted by molar-refractivity contribution is 0.0702. The number of aryl methyl sites for hydroxylation is 2. The molecule has 0 bridgehead atoms. The molecule has 1 aliphatic rings. The Morgan fingerprint density at radius 3 is 2.65 bits per heavy atom. The van der Waals surface area contributed by atoms with Gasteiger partial charge in [-0.2, -0.15) is 5.10 Å². The van der Waals surface area contributed by atoms with Crippen LogP contribution >= 0.6 is 0 Å². The van der Waals surface area contributed by atoms with E-state index >= 15 is 0 Å². The number of hydrogen-bond donors (Lipinski definition) is 1. The molecule has 1 N–H and O–H groups in total. The molecule has 2 aromatic heterocycles. The Bertz CT molecular complexity index is 897. The molecule has 1 aliphatic heterocycles. The van der Waals surface area contributed by atoms with Crippen LogP contribution in [0.3, 0.4) is 0 Å². The van der Waals surface area contributed by atoms with E-state index in [9.17, 15) is 14.7 Å². The lowest BCUT2D eigenvalue weighted by Gasteiger charge is -2.28. The predicted molar refractivity (Wildman–Crippen MR) is 98.1 cm³/mol. The zero-order valence-electron chi connectivity index (χ0n) is 15.8. The molecule has 3 heterocycles. The molecule has 0 saturated carbocycles. The van der Waals surface area contributed by atoms with Crippen LogP contribution in [0.15, 0.2) is 16.9 Å². The van der Waals surface area contributed by atoms with Gasteiger partial charge in [-0.1, -0.05) is 6.92 Å². The number of pyridine rings is 1. The number of fused-ring (bicyclic) bond motifs is 1. The molecular weight excluding hydrogens is 332 g/mol. The highest BCUT2D eigenvalue weighted by Gasteiger charge is 2.27. The summed E-state index contributed by atoms with van der Waals surface area (Å²) in [6.45, 7) is 9.48. The van der Waals surface area contributed by atoms with Crippen LogP contribution in [0.5, 0.6) is 0 Å². The molecule has 0 spiro atoms. The maximum absolute atomic E-state index is 13.1. The average Bonchev–Trinajstić information content (AvgIpc) is 3.04. The fourth-order valence-electron chi connectivity index (χ4n) is 3.57. The number of aromatic nitrogens is 3. The Morgan fingerprint density at radius 2 is 2.00 bits per heavy atom. The number of amides is 1. The smallest absolute Gasteiger partial charge is 0.263 e. The number of aliphatic hydroxyl groups excluding tert-OH is 1. The van der Waals surface area contributed by atoms with Crippen molar-refractivity contribution >= 4 is 5.91 Å². The van der Waals surface area contributed by atoms with Crippen molar-refractivity contribution in [2.75, 3.05) is 6.54 Å². The summed E-state index contributed by atoms with van der Waals surface area (Å²) in [6, 6.07) is 3.74. The highest BCUT2D eigenvalue weighted by Crippen LogP contribution is 2.21. The first-order valence-electron chi connectivity index (χ1n) is 9.12. The number of carbonyl (C=O) groups excluding carboxylic acids is 1. The van der Waals surface area contributed by atoms with Crippen LogP contribution in [0.4, 0.5) is 0 Å². The second-order valence-electron chi connectivity index (χ2n) is 6.83. The Morgan fingerprint density at radius 1 is 1.27 bits per heavy atom. The topological polar surface area (TPSA) is 80.4 Å². The van der Waals surface area contributed by atoms with Gasteiger partial charge in [0.2, 0.25) is 0 Å². The van der Waals surface area contributed by atoms with Gasteiger partial charge in [0, 0.05) is 18.8 Å². The second kappa shape index (κ2) is 7.07. The molecule has 7 nitrogen and oxygen atoms in total. The number of nitrogens with zero attached hydrogens (tertiary/aromatic N) is 4. The van der Waals surface area contributed by atoms with E-state index in [1.54, 1.807) is 9.47 Å². The van der Waals surface area contributed by atoms with Crippen LogP contribution in [0, 0.1) is 13.8 Å². The van der Waals surface area contributed by atoms with E-state index in [1.807, 2.05) is 44.5 Å². The van der Waals surface area contributed by atoms with Crippen molar-refractivity contribution in [2.45, 2.75) is 59.9 Å². The van der Waals surface area contributed by atoms with E-state index < -0.39 is 6.10 Å². The minimum absolute atomic E-state index is 0.226. The maximum Gasteiger partial charge on any atom is 0.263 e. The molecule has 0 fully saturated rings. The number of carbonyl (C=O) groups is 1. The second-order valence-corrected chi connectivity index (χ2v) is 6.83. The lowest BCUT2D eigenvalue weighted by Crippen LogP contribution is -2.42. The molecule has 0 aromatic carbocycles. The highest BCUT2D eigenvalue weighted by atomic mass is 16.3. The Balaban J connectivity index is 1.91. The first-order chi connectivity index (χ1) is 12.4. The summed E-state index contributed by atoms with van der Waals surface area (Å²) in [7, 11) is 0. The van der Waals surface area contributed by atoms with Gasteiger partial charge in [-0.25, -0.2) is 0 Å². The van der Waals surface area contributed by atoms with Crippen molar-refractivity contribution in [3.8, 4) is 0 Å². The van der Waals surface area contributed by atoms with Gasteiger partial charge < -0.3 is 14.6 Å². The molecule has 3 rings (SSSR count). The van der Waals surface area contributed by atoms with Gasteiger partial charge in [-0.3, -0.25) is 14.3 Å². The lowest BCUT2D eigenvalue weighted by atomic mass is 10.1. The fourth-order valence-corrected chi connectivity index (χ4v) is 3.57. The Labute approximate surface area is 152 Å². The van der Waals surface area contributed by atoms with Crippen molar-refractivity contribution in [1.82, 2.24) is 19.2 Å². The van der Waals surface area contributed by atoms with Gasteiger partial charge in [0.05, 0.1) is 30.6 Å². The van der Waals surface area contributed by atoms with Gasteiger partial charge >= 0.3 is 0 Å². The highest BCUT2D eigenvalue weighted by molar-refractivity contribution is 5.95. The van der Waals surface area contributed by atoms with Crippen LogP contribution in [-0.4, -0.2) is 36.8 Å². The van der Waals surface area contributed by atoms with Gasteiger partial charge in [0.15, 0.2) is 0 Å². The summed E-state index contributed by atoms with van der Waals surface area (Å²) in [5.74, 6) is -0.236. The molecule has 1 amide bonds. The normalized spacial score (nSPS) is 15.0. The van der Waals surface area contributed by atoms with Gasteiger partial charge in [-0.05, 0) is 44.9 Å². The first kappa shape index (κ1) is 18.4. The van der Waals surface area contributed by atoms with Crippen molar-refractivity contribution in [3.63, 3.8) is 0 Å². The molecule has 7 heteroatoms. The summed E-state index contributed by atoms with van der Waals surface area (Å²) in [4.78, 5) is 27.5. The molecule has 0 radical (unpaired) electrons. The van der Waals surface area contributed by atoms with Crippen molar-refractivity contribution in [2.24, 2.45) is 0 Å². The summed E-state index contributed by atoms with van der Waals surface area (Å²) in [6.07, 6.45) is 0.00597. The Kier molecular flexibility index (Phi) is 5.00. The predicted octanol–water partition coefficient (Wildman–Crippen LogP) is 1.78. The van der Waals surface area contributed by atoms with E-state index in [-0.39, 0.29) is 17.0 Å². The fraction of sp³-hybridized carbons (Fsp3) is 0.526. The molecular formula is C19H26N4O3. The molecule has 1 unspecified atom stereocenters. The van der Waals surface area contributed by atoms with Crippen LogP contribution in [0.2, 0.25) is 0 Å². The molecule has 26 heavy (non-hydrogen) atoms. The van der Waals surface area contributed by atoms with E-state index in [0.717, 1.165) is 11.4 Å². The van der Waals surface area contributed by atoms with E-state index in [0.29, 0.717) is 43.9 Å². The molecule has 2 aromatic rings. The van der Waals surface area contributed by atoms with Crippen LogP contribution in [0.25, 0.3) is 0 Å². The molecule has 0 aliphatic carbocycles. The quantitative estimate of drug-likeness (QED) is 0.903. The summed E-state index contributed by atoms with van der Waals surface area (Å²) in [5, 5.41) is 14.4. The standard InChI is InChI=1S/C19H26N4O3/c1-5-16(24)15-10-14-11-21(7-8-23(14)20-15)18(25)17-12(3)9-13(4)22(6-2)19(17)26/h9-10,16,24H,5-8,11H2,1-4H3. The van der Waals surface area contributed by atoms with Crippen molar-refractivity contribution < 1.29 is 9.90 Å². The van der Waals surface area contributed by atoms with E-state index in [2.05, 4.69) is 5.10 Å². The zero-order chi connectivity index (χ0) is 19.0. The summed E-state index contributed by atoms with van der Waals surface area (Å²) >= 11 is 0. The number of aliphatic hydroxyl groups is 1. The summed E-state index contributed by atoms with van der Waals surface area (Å²) < 4.78 is 3.47. The largest absolute Gasteiger partial charge is 0.387 e. The third-order valence-electron chi connectivity index (χ3n) is 5.07. The molecule has 0 saturated heterocycles. The minimum atomic E-state index is -0.589. The summed E-state index contributed by atoms with van der Waals surface area (Å²) in [5.41, 5.74) is 3.12. The van der Waals surface area contributed by atoms with Gasteiger partial charge in [0.25, 0.3) is 11.5 Å². The average molecular weight is 358 g/mol. The molecule has 140 valence electrons. The number of rotatable bonds is 4.